The smallest absolute Gasteiger partial charge is 0.231 e. The van der Waals surface area contributed by atoms with E-state index in [-0.39, 0.29) is 13.6 Å². The molecule has 8 nitrogen and oxygen atoms in total. The lowest BCUT2D eigenvalue weighted by molar-refractivity contribution is 0.173. The van der Waals surface area contributed by atoms with Gasteiger partial charge in [-0.15, -0.1) is 0 Å². The SMILES string of the molecule is c1cc2c(cc1-c1nc(-c3ccc4c(c3)OCO4)nc(-c3ccc4c(c3)OCO4)n1)CCO2. The Morgan fingerprint density at radius 1 is 0.485 bits per heavy atom. The van der Waals surface area contributed by atoms with Crippen molar-refractivity contribution in [3.8, 4) is 62.9 Å². The first-order valence-corrected chi connectivity index (χ1v) is 10.6. The zero-order valence-electron chi connectivity index (χ0n) is 17.4. The van der Waals surface area contributed by atoms with Crippen LogP contribution in [-0.4, -0.2) is 35.1 Å². The summed E-state index contributed by atoms with van der Waals surface area (Å²) in [7, 11) is 0. The van der Waals surface area contributed by atoms with Crippen LogP contribution >= 0.6 is 0 Å². The summed E-state index contributed by atoms with van der Waals surface area (Å²) in [5, 5.41) is 0. The van der Waals surface area contributed by atoms with Crippen molar-refractivity contribution in [2.24, 2.45) is 0 Å². The second-order valence-electron chi connectivity index (χ2n) is 7.86. The summed E-state index contributed by atoms with van der Waals surface area (Å²) >= 11 is 0. The number of hydrogen-bond acceptors (Lipinski definition) is 8. The quantitative estimate of drug-likeness (QED) is 0.468. The molecule has 162 valence electrons. The van der Waals surface area contributed by atoms with E-state index in [1.165, 1.54) is 0 Å². The van der Waals surface area contributed by atoms with Crippen LogP contribution in [0.1, 0.15) is 5.56 Å². The van der Waals surface area contributed by atoms with Crippen LogP contribution in [0.4, 0.5) is 0 Å². The summed E-state index contributed by atoms with van der Waals surface area (Å²) in [4.78, 5) is 14.4. The predicted molar refractivity (Wildman–Crippen MR) is 118 cm³/mol. The van der Waals surface area contributed by atoms with Gasteiger partial charge in [0.1, 0.15) is 5.75 Å². The van der Waals surface area contributed by atoms with Crippen molar-refractivity contribution >= 4 is 0 Å². The third kappa shape index (κ3) is 3.10. The lowest BCUT2D eigenvalue weighted by Gasteiger charge is -2.10. The van der Waals surface area contributed by atoms with Gasteiger partial charge in [-0.3, -0.25) is 0 Å². The van der Waals surface area contributed by atoms with Crippen LogP contribution in [0.2, 0.25) is 0 Å². The Morgan fingerprint density at radius 3 is 1.55 bits per heavy atom. The van der Waals surface area contributed by atoms with E-state index in [2.05, 4.69) is 6.07 Å². The van der Waals surface area contributed by atoms with Crippen LogP contribution in [0.25, 0.3) is 34.2 Å². The van der Waals surface area contributed by atoms with Crippen molar-refractivity contribution in [3.05, 3.63) is 60.2 Å². The van der Waals surface area contributed by atoms with E-state index < -0.39 is 0 Å². The van der Waals surface area contributed by atoms with Crippen LogP contribution in [0.5, 0.6) is 28.7 Å². The molecule has 0 aliphatic carbocycles. The van der Waals surface area contributed by atoms with Gasteiger partial charge in [0.25, 0.3) is 0 Å². The first-order chi connectivity index (χ1) is 16.3. The molecule has 0 unspecified atom stereocenters. The van der Waals surface area contributed by atoms with Crippen LogP contribution in [0.15, 0.2) is 54.6 Å². The minimum atomic E-state index is 0.209. The van der Waals surface area contributed by atoms with Gasteiger partial charge in [0, 0.05) is 23.1 Å². The standard InChI is InChI=1S/C25H17N3O5/c1-4-18-14(7-8-29-18)9-15(1)23-26-24(16-2-5-19-21(10-16)32-12-30-19)28-25(27-23)17-3-6-20-22(11-17)33-13-31-20/h1-6,9-11H,7-8,12-13H2. The molecule has 3 aliphatic heterocycles. The van der Waals surface area contributed by atoms with Gasteiger partial charge in [-0.25, -0.2) is 15.0 Å². The molecule has 8 heteroatoms. The molecule has 4 aromatic rings. The first kappa shape index (κ1) is 18.3. The van der Waals surface area contributed by atoms with Gasteiger partial charge < -0.3 is 23.7 Å². The molecule has 0 radical (unpaired) electrons. The van der Waals surface area contributed by atoms with Crippen LogP contribution < -0.4 is 23.7 Å². The molecule has 0 amide bonds. The van der Waals surface area contributed by atoms with E-state index >= 15 is 0 Å². The molecule has 0 N–H and O–H groups in total. The molecule has 1 aromatic heterocycles. The van der Waals surface area contributed by atoms with Crippen molar-refractivity contribution in [1.29, 1.82) is 0 Å². The molecule has 3 aliphatic rings. The lowest BCUT2D eigenvalue weighted by Crippen LogP contribution is -2.00. The second-order valence-corrected chi connectivity index (χ2v) is 7.86. The van der Waals surface area contributed by atoms with E-state index in [1.807, 2.05) is 48.5 Å². The van der Waals surface area contributed by atoms with E-state index in [4.69, 9.17) is 38.6 Å². The van der Waals surface area contributed by atoms with Crippen LogP contribution in [-0.2, 0) is 6.42 Å². The van der Waals surface area contributed by atoms with E-state index in [0.29, 0.717) is 47.1 Å². The number of benzene rings is 3. The fraction of sp³-hybridized carbons (Fsp3) is 0.160. The maximum absolute atomic E-state index is 5.66. The van der Waals surface area contributed by atoms with Gasteiger partial charge in [-0.05, 0) is 60.2 Å². The third-order valence-electron chi connectivity index (χ3n) is 5.84. The summed E-state index contributed by atoms with van der Waals surface area (Å²) in [5.74, 6) is 5.36. The Bertz CT molecular complexity index is 1240. The predicted octanol–water partition coefficient (Wildman–Crippen LogP) is 4.26. The number of ether oxygens (including phenoxy) is 5. The largest absolute Gasteiger partial charge is 0.493 e. The third-order valence-corrected chi connectivity index (χ3v) is 5.84. The average Bonchev–Trinajstić information content (AvgIpc) is 3.62. The molecule has 7 rings (SSSR count). The molecule has 0 atom stereocenters. The lowest BCUT2D eigenvalue weighted by atomic mass is 10.1. The average molecular weight is 439 g/mol. The van der Waals surface area contributed by atoms with Crippen molar-refractivity contribution in [1.82, 2.24) is 15.0 Å². The summed E-state index contributed by atoms with van der Waals surface area (Å²) in [6, 6.07) is 17.4. The molecule has 4 heterocycles. The highest BCUT2D eigenvalue weighted by Gasteiger charge is 2.20. The maximum atomic E-state index is 5.66. The highest BCUT2D eigenvalue weighted by Crippen LogP contribution is 2.38. The summed E-state index contributed by atoms with van der Waals surface area (Å²) in [6.07, 6.45) is 0.873. The normalized spacial score (nSPS) is 14.8. The van der Waals surface area contributed by atoms with Crippen LogP contribution in [0, 0.1) is 0 Å². The molecule has 0 saturated carbocycles. The van der Waals surface area contributed by atoms with E-state index in [0.717, 1.165) is 34.4 Å². The van der Waals surface area contributed by atoms with Gasteiger partial charge in [0.2, 0.25) is 13.6 Å². The highest BCUT2D eigenvalue weighted by molar-refractivity contribution is 5.70. The van der Waals surface area contributed by atoms with Crippen molar-refractivity contribution in [2.75, 3.05) is 20.2 Å². The Labute approximate surface area is 188 Å². The maximum Gasteiger partial charge on any atom is 0.231 e. The zero-order chi connectivity index (χ0) is 21.8. The molecule has 0 spiro atoms. The van der Waals surface area contributed by atoms with Crippen LogP contribution in [0.3, 0.4) is 0 Å². The second kappa shape index (κ2) is 7.09. The first-order valence-electron chi connectivity index (χ1n) is 10.6. The minimum absolute atomic E-state index is 0.209. The topological polar surface area (TPSA) is 84.8 Å². The molecule has 33 heavy (non-hydrogen) atoms. The zero-order valence-corrected chi connectivity index (χ0v) is 17.4. The van der Waals surface area contributed by atoms with E-state index in [1.54, 1.807) is 0 Å². The number of hydrogen-bond donors (Lipinski definition) is 0. The number of aromatic nitrogens is 3. The van der Waals surface area contributed by atoms with E-state index in [9.17, 15) is 0 Å². The molecular formula is C25H17N3O5. The summed E-state index contributed by atoms with van der Waals surface area (Å²) in [6.45, 7) is 1.11. The van der Waals surface area contributed by atoms with Gasteiger partial charge in [-0.1, -0.05) is 0 Å². The van der Waals surface area contributed by atoms with Crippen molar-refractivity contribution in [3.63, 3.8) is 0 Å². The summed E-state index contributed by atoms with van der Waals surface area (Å²) < 4.78 is 27.7. The Balaban J connectivity index is 1.39. The van der Waals surface area contributed by atoms with Gasteiger partial charge in [0.15, 0.2) is 40.5 Å². The molecule has 0 saturated heterocycles. The Morgan fingerprint density at radius 2 is 0.970 bits per heavy atom. The number of fused-ring (bicyclic) bond motifs is 3. The monoisotopic (exact) mass is 439 g/mol. The fourth-order valence-corrected chi connectivity index (χ4v) is 4.16. The van der Waals surface area contributed by atoms with Crippen molar-refractivity contribution in [2.45, 2.75) is 6.42 Å². The number of nitrogens with zero attached hydrogens (tertiary/aromatic N) is 3. The summed E-state index contributed by atoms with van der Waals surface area (Å²) in [5.41, 5.74) is 3.69. The highest BCUT2D eigenvalue weighted by atomic mass is 16.7. The van der Waals surface area contributed by atoms with Gasteiger partial charge in [0.05, 0.1) is 6.61 Å². The Kier molecular flexibility index (Phi) is 3.93. The molecule has 3 aromatic carbocycles. The van der Waals surface area contributed by atoms with Crippen molar-refractivity contribution < 1.29 is 23.7 Å². The fourth-order valence-electron chi connectivity index (χ4n) is 4.16. The minimum Gasteiger partial charge on any atom is -0.493 e. The molecule has 0 bridgehead atoms. The number of rotatable bonds is 3. The molecule has 0 fully saturated rings. The van der Waals surface area contributed by atoms with Gasteiger partial charge >= 0.3 is 0 Å². The molecular weight excluding hydrogens is 422 g/mol. The van der Waals surface area contributed by atoms with Gasteiger partial charge in [-0.2, -0.15) is 0 Å². The Hall–Kier alpha value is -4.33.